The molecule has 0 amide bonds. The fourth-order valence-electron chi connectivity index (χ4n) is 2.40. The molecule has 6 heteroatoms. The average molecular weight is 297 g/mol. The first kappa shape index (κ1) is 14.2. The van der Waals surface area contributed by atoms with Crippen LogP contribution in [0.1, 0.15) is 19.9 Å². The summed E-state index contributed by atoms with van der Waals surface area (Å²) in [5.41, 5.74) is 8.38. The first-order valence-corrected chi connectivity index (χ1v) is 7.17. The Hall–Kier alpha value is -2.76. The van der Waals surface area contributed by atoms with Crippen molar-refractivity contribution in [3.63, 3.8) is 0 Å². The molecule has 1 aromatic carbocycles. The molecular weight excluding hydrogens is 278 g/mol. The number of nitrogens with zero attached hydrogens (tertiary/aromatic N) is 4. The van der Waals surface area contributed by atoms with Crippen LogP contribution in [0.15, 0.2) is 47.5 Å². The summed E-state index contributed by atoms with van der Waals surface area (Å²) in [6.45, 7) is 3.97. The molecule has 22 heavy (non-hydrogen) atoms. The molecule has 0 aliphatic rings. The van der Waals surface area contributed by atoms with Crippen LogP contribution in [0.4, 0.5) is 5.82 Å². The second kappa shape index (κ2) is 5.22. The summed E-state index contributed by atoms with van der Waals surface area (Å²) in [4.78, 5) is 12.3. The lowest BCUT2D eigenvalue weighted by Crippen LogP contribution is -2.24. The molecule has 3 aromatic rings. The van der Waals surface area contributed by atoms with Gasteiger partial charge in [-0.3, -0.25) is 13.8 Å². The summed E-state index contributed by atoms with van der Waals surface area (Å²) in [5.74, 6) is 0.615. The smallest absolute Gasteiger partial charge is 0.332 e. The fraction of sp³-hybridized carbons (Fsp3) is 0.250. The number of hydrogen-bond acceptors (Lipinski definition) is 3. The average Bonchev–Trinajstić information content (AvgIpc) is 3.03. The van der Waals surface area contributed by atoms with E-state index in [1.54, 1.807) is 33.3 Å². The lowest BCUT2D eigenvalue weighted by molar-refractivity contribution is 0.574. The van der Waals surface area contributed by atoms with Crippen molar-refractivity contribution in [2.75, 3.05) is 5.73 Å². The van der Waals surface area contributed by atoms with Gasteiger partial charge in [0.05, 0.1) is 11.4 Å². The Morgan fingerprint density at radius 2 is 1.82 bits per heavy atom. The first-order chi connectivity index (χ1) is 10.5. The molecule has 2 heterocycles. The van der Waals surface area contributed by atoms with Crippen molar-refractivity contribution in [2.45, 2.75) is 19.9 Å². The third-order valence-corrected chi connectivity index (χ3v) is 3.72. The lowest BCUT2D eigenvalue weighted by atomic mass is 10.1. The molecule has 114 valence electrons. The number of benzene rings is 1. The number of imidazole rings is 1. The second-order valence-corrected chi connectivity index (χ2v) is 5.58. The van der Waals surface area contributed by atoms with Gasteiger partial charge in [0.15, 0.2) is 0 Å². The van der Waals surface area contributed by atoms with Crippen LogP contribution in [0, 0.1) is 0 Å². The van der Waals surface area contributed by atoms with E-state index in [9.17, 15) is 4.79 Å². The Kier molecular flexibility index (Phi) is 3.36. The predicted octanol–water partition coefficient (Wildman–Crippen LogP) is 2.20. The number of nitrogens with two attached hydrogens (primary N) is 1. The van der Waals surface area contributed by atoms with Crippen LogP contribution in [-0.4, -0.2) is 18.9 Å². The van der Waals surface area contributed by atoms with E-state index in [2.05, 4.69) is 5.10 Å². The van der Waals surface area contributed by atoms with Crippen molar-refractivity contribution in [1.29, 1.82) is 0 Å². The summed E-state index contributed by atoms with van der Waals surface area (Å²) in [6.07, 6.45) is 3.59. The van der Waals surface area contributed by atoms with Crippen LogP contribution < -0.4 is 11.4 Å². The Balaban J connectivity index is 1.96. The molecule has 2 N–H and O–H groups in total. The van der Waals surface area contributed by atoms with E-state index in [4.69, 9.17) is 5.73 Å². The van der Waals surface area contributed by atoms with Crippen molar-refractivity contribution in [1.82, 2.24) is 18.9 Å². The van der Waals surface area contributed by atoms with Gasteiger partial charge in [0.25, 0.3) is 0 Å². The van der Waals surface area contributed by atoms with E-state index in [0.717, 1.165) is 16.9 Å². The minimum atomic E-state index is -0.0372. The van der Waals surface area contributed by atoms with Crippen LogP contribution in [0.25, 0.3) is 16.9 Å². The molecule has 0 atom stereocenters. The van der Waals surface area contributed by atoms with Crippen LogP contribution in [0.5, 0.6) is 0 Å². The minimum Gasteiger partial charge on any atom is -0.384 e. The third-order valence-electron chi connectivity index (χ3n) is 3.72. The van der Waals surface area contributed by atoms with Crippen molar-refractivity contribution < 1.29 is 0 Å². The highest BCUT2D eigenvalue weighted by Crippen LogP contribution is 2.21. The fourth-order valence-corrected chi connectivity index (χ4v) is 2.40. The highest BCUT2D eigenvalue weighted by molar-refractivity contribution is 5.63. The molecule has 0 aliphatic heterocycles. The molecule has 3 rings (SSSR count). The highest BCUT2D eigenvalue weighted by atomic mass is 16.1. The van der Waals surface area contributed by atoms with Crippen LogP contribution in [0.3, 0.4) is 0 Å². The molecule has 0 bridgehead atoms. The van der Waals surface area contributed by atoms with Gasteiger partial charge in [0, 0.05) is 37.1 Å². The van der Waals surface area contributed by atoms with Crippen LogP contribution in [-0.2, 0) is 7.05 Å². The summed E-state index contributed by atoms with van der Waals surface area (Å²) in [7, 11) is 1.81. The van der Waals surface area contributed by atoms with Crippen LogP contribution >= 0.6 is 0 Å². The van der Waals surface area contributed by atoms with Gasteiger partial charge in [-0.05, 0) is 26.0 Å². The molecule has 2 aromatic heterocycles. The minimum absolute atomic E-state index is 0.0372. The first-order valence-electron chi connectivity index (χ1n) is 7.17. The van der Waals surface area contributed by atoms with E-state index in [1.165, 1.54) is 0 Å². The number of hydrogen-bond donors (Lipinski definition) is 1. The number of nitrogen functional groups attached to an aromatic ring is 1. The molecule has 0 saturated carbocycles. The van der Waals surface area contributed by atoms with Crippen molar-refractivity contribution >= 4 is 5.82 Å². The molecule has 0 aliphatic carbocycles. The lowest BCUT2D eigenvalue weighted by Gasteiger charge is -2.05. The van der Waals surface area contributed by atoms with Gasteiger partial charge in [-0.15, -0.1) is 0 Å². The Labute approximate surface area is 128 Å². The summed E-state index contributed by atoms with van der Waals surface area (Å²) in [5, 5.41) is 4.35. The van der Waals surface area contributed by atoms with E-state index in [0.29, 0.717) is 5.82 Å². The second-order valence-electron chi connectivity index (χ2n) is 5.58. The van der Waals surface area contributed by atoms with E-state index in [1.807, 2.05) is 44.2 Å². The summed E-state index contributed by atoms with van der Waals surface area (Å²) >= 11 is 0. The maximum absolute atomic E-state index is 12.3. The van der Waals surface area contributed by atoms with Gasteiger partial charge in [-0.25, -0.2) is 4.79 Å². The number of rotatable bonds is 3. The van der Waals surface area contributed by atoms with Gasteiger partial charge in [-0.1, -0.05) is 12.1 Å². The number of aromatic nitrogens is 4. The Morgan fingerprint density at radius 3 is 2.32 bits per heavy atom. The maximum atomic E-state index is 12.3. The molecule has 0 radical (unpaired) electrons. The van der Waals surface area contributed by atoms with Crippen molar-refractivity contribution in [2.24, 2.45) is 7.05 Å². The zero-order valence-corrected chi connectivity index (χ0v) is 12.9. The van der Waals surface area contributed by atoms with Gasteiger partial charge >= 0.3 is 5.69 Å². The maximum Gasteiger partial charge on any atom is 0.332 e. The summed E-state index contributed by atoms with van der Waals surface area (Å²) in [6, 6.07) is 9.67. The third kappa shape index (κ3) is 2.32. The molecule has 0 unspecified atom stereocenters. The van der Waals surface area contributed by atoms with E-state index >= 15 is 0 Å². The monoisotopic (exact) mass is 297 g/mol. The van der Waals surface area contributed by atoms with Gasteiger partial charge in [0.1, 0.15) is 5.82 Å². The molecular formula is C16H19N5O. The molecule has 0 saturated heterocycles. The largest absolute Gasteiger partial charge is 0.384 e. The highest BCUT2D eigenvalue weighted by Gasteiger charge is 2.09. The normalized spacial score (nSPS) is 11.3. The van der Waals surface area contributed by atoms with Gasteiger partial charge in [-0.2, -0.15) is 5.10 Å². The zero-order chi connectivity index (χ0) is 15.9. The standard InChI is InChI=1S/C16H19N5O/c1-11(2)20-8-9-21(16(20)22)13-6-4-12(5-7-13)14-10-15(17)19(3)18-14/h4-11H,17H2,1-3H3. The van der Waals surface area contributed by atoms with Crippen molar-refractivity contribution in [3.05, 3.63) is 53.2 Å². The molecule has 6 nitrogen and oxygen atoms in total. The van der Waals surface area contributed by atoms with Gasteiger partial charge in [0.2, 0.25) is 0 Å². The van der Waals surface area contributed by atoms with Crippen molar-refractivity contribution in [3.8, 4) is 16.9 Å². The molecule has 0 spiro atoms. The Bertz CT molecular complexity index is 832. The van der Waals surface area contributed by atoms with Crippen LogP contribution in [0.2, 0.25) is 0 Å². The topological polar surface area (TPSA) is 70.8 Å². The molecule has 0 fully saturated rings. The predicted molar refractivity (Wildman–Crippen MR) is 87.0 cm³/mol. The Morgan fingerprint density at radius 1 is 1.14 bits per heavy atom. The van der Waals surface area contributed by atoms with E-state index < -0.39 is 0 Å². The zero-order valence-electron chi connectivity index (χ0n) is 12.9. The number of anilines is 1. The number of aryl methyl sites for hydroxylation is 1. The quantitative estimate of drug-likeness (QED) is 0.805. The van der Waals surface area contributed by atoms with Gasteiger partial charge < -0.3 is 5.73 Å². The SMILES string of the molecule is CC(C)n1ccn(-c2ccc(-c3cc(N)n(C)n3)cc2)c1=O. The van der Waals surface area contributed by atoms with E-state index in [-0.39, 0.29) is 11.7 Å². The summed E-state index contributed by atoms with van der Waals surface area (Å²) < 4.78 is 4.97.